The summed E-state index contributed by atoms with van der Waals surface area (Å²) in [5.41, 5.74) is 18.8. The largest absolute Gasteiger partial charge is 0.391 e. The number of carbonyl (C=O) groups excluding carboxylic acids is 4. The van der Waals surface area contributed by atoms with E-state index in [4.69, 9.17) is 16.2 Å². The number of aromatic nitrogens is 1. The van der Waals surface area contributed by atoms with Gasteiger partial charge in [0.05, 0.1) is 40.9 Å². The molecule has 55 heavy (non-hydrogen) atoms. The van der Waals surface area contributed by atoms with Crippen molar-refractivity contribution in [3.8, 4) is 10.4 Å². The summed E-state index contributed by atoms with van der Waals surface area (Å²) in [6.45, 7) is 13.9. The average molecular weight is 777 g/mol. The highest BCUT2D eigenvalue weighted by atomic mass is 32.1. The van der Waals surface area contributed by atoms with Gasteiger partial charge in [0.2, 0.25) is 23.6 Å². The Hall–Kier alpha value is -4.17. The molecule has 13 heteroatoms. The van der Waals surface area contributed by atoms with Gasteiger partial charge in [0.1, 0.15) is 12.1 Å². The zero-order chi connectivity index (χ0) is 40.4. The van der Waals surface area contributed by atoms with Crippen LogP contribution in [0.4, 0.5) is 0 Å². The van der Waals surface area contributed by atoms with Crippen LogP contribution in [0.3, 0.4) is 0 Å². The quantitative estimate of drug-likeness (QED) is 0.112. The molecule has 1 aliphatic rings. The Morgan fingerprint density at radius 2 is 1.75 bits per heavy atom. The number of likely N-dealkylation sites (tertiary alicyclic amines) is 1. The normalized spacial score (nSPS) is 18.0. The van der Waals surface area contributed by atoms with Gasteiger partial charge in [-0.05, 0) is 86.6 Å². The second-order valence-corrected chi connectivity index (χ2v) is 16.9. The molecule has 12 nitrogen and oxygen atoms in total. The number of β-amino-alcohol motifs (C(OH)–C–C–N with tert-alkyl or cyclic N) is 1. The molecule has 1 aliphatic heterocycles. The van der Waals surface area contributed by atoms with Gasteiger partial charge in [-0.25, -0.2) is 4.98 Å². The number of unbranched alkanes of at least 4 members (excludes halogenated alkanes) is 1. The maximum Gasteiger partial charge on any atom is 0.246 e. The van der Waals surface area contributed by atoms with E-state index in [1.807, 2.05) is 77.4 Å². The van der Waals surface area contributed by atoms with Crippen molar-refractivity contribution in [2.75, 3.05) is 6.54 Å². The smallest absolute Gasteiger partial charge is 0.246 e. The van der Waals surface area contributed by atoms with E-state index in [1.165, 1.54) is 10.5 Å². The first-order valence-electron chi connectivity index (χ1n) is 19.3. The second kappa shape index (κ2) is 19.6. The summed E-state index contributed by atoms with van der Waals surface area (Å²) in [6, 6.07) is 11.8. The van der Waals surface area contributed by atoms with Crippen LogP contribution in [0, 0.1) is 19.3 Å². The number of rotatable bonds is 18. The number of nitrogens with one attached hydrogen (secondary N) is 2. The third-order valence-electron chi connectivity index (χ3n) is 10.4. The first-order valence-corrected chi connectivity index (χ1v) is 20.1. The van der Waals surface area contributed by atoms with E-state index in [9.17, 15) is 24.3 Å². The van der Waals surface area contributed by atoms with Crippen molar-refractivity contribution in [1.29, 1.82) is 0 Å². The number of nitrogens with zero attached hydrogens (tertiary/aromatic N) is 2. The summed E-state index contributed by atoms with van der Waals surface area (Å²) in [4.78, 5) is 58.8. The Morgan fingerprint density at radius 3 is 2.36 bits per heavy atom. The number of carbonyl (C=O) groups is 4. The Labute approximate surface area is 329 Å². The Morgan fingerprint density at radius 1 is 1.04 bits per heavy atom. The van der Waals surface area contributed by atoms with Gasteiger partial charge in [-0.1, -0.05) is 63.2 Å². The fourth-order valence-electron chi connectivity index (χ4n) is 6.87. The molecule has 4 amide bonds. The van der Waals surface area contributed by atoms with Gasteiger partial charge >= 0.3 is 0 Å². The Balaban J connectivity index is 1.27. The zero-order valence-electron chi connectivity index (χ0n) is 33.4. The van der Waals surface area contributed by atoms with Gasteiger partial charge in [-0.15, -0.1) is 11.3 Å². The summed E-state index contributed by atoms with van der Waals surface area (Å²) in [7, 11) is 0. The highest BCUT2D eigenvalue weighted by molar-refractivity contribution is 7.13. The van der Waals surface area contributed by atoms with Crippen LogP contribution >= 0.6 is 11.3 Å². The van der Waals surface area contributed by atoms with Gasteiger partial charge in [0.25, 0.3) is 0 Å². The number of aryl methyl sites for hydroxylation is 3. The van der Waals surface area contributed by atoms with Gasteiger partial charge in [-0.2, -0.15) is 0 Å². The van der Waals surface area contributed by atoms with Crippen LogP contribution in [0.2, 0.25) is 0 Å². The summed E-state index contributed by atoms with van der Waals surface area (Å²) >= 11 is 1.58. The van der Waals surface area contributed by atoms with Crippen molar-refractivity contribution in [3.05, 3.63) is 75.9 Å². The van der Waals surface area contributed by atoms with Crippen molar-refractivity contribution in [3.63, 3.8) is 0 Å². The van der Waals surface area contributed by atoms with Gasteiger partial charge in [0, 0.05) is 31.8 Å². The van der Waals surface area contributed by atoms with Gasteiger partial charge in [-0.3, -0.25) is 19.2 Å². The van der Waals surface area contributed by atoms with Crippen LogP contribution in [0.25, 0.3) is 10.4 Å². The zero-order valence-corrected chi connectivity index (χ0v) is 34.2. The highest BCUT2D eigenvalue weighted by Crippen LogP contribution is 2.30. The second-order valence-electron chi connectivity index (χ2n) is 16.0. The molecule has 0 unspecified atom stereocenters. The first-order chi connectivity index (χ1) is 25.9. The van der Waals surface area contributed by atoms with Crippen molar-refractivity contribution in [2.45, 2.75) is 136 Å². The number of hydrogen-bond donors (Lipinski definition) is 5. The van der Waals surface area contributed by atoms with Crippen molar-refractivity contribution in [2.24, 2.45) is 16.9 Å². The van der Waals surface area contributed by atoms with E-state index < -0.39 is 23.6 Å². The van der Waals surface area contributed by atoms with Crippen molar-refractivity contribution >= 4 is 35.0 Å². The molecule has 6 atom stereocenters. The molecule has 300 valence electrons. The van der Waals surface area contributed by atoms with E-state index in [0.29, 0.717) is 19.4 Å². The fraction of sp³-hybridized carbons (Fsp3) is 0.548. The maximum absolute atomic E-state index is 14.1. The molecule has 2 aromatic carbocycles. The van der Waals surface area contributed by atoms with E-state index in [1.54, 1.807) is 11.3 Å². The molecule has 4 rings (SSSR count). The molecule has 0 aliphatic carbocycles. The molecular formula is C42H60N6O6S. The lowest BCUT2D eigenvalue weighted by molar-refractivity contribution is -0.144. The summed E-state index contributed by atoms with van der Waals surface area (Å²) in [5, 5.41) is 16.6. The molecule has 0 bridgehead atoms. The van der Waals surface area contributed by atoms with Crippen LogP contribution in [0.5, 0.6) is 0 Å². The van der Waals surface area contributed by atoms with Crippen molar-refractivity contribution in [1.82, 2.24) is 20.5 Å². The van der Waals surface area contributed by atoms with Crippen LogP contribution in [0.1, 0.15) is 107 Å². The Kier molecular flexibility index (Phi) is 15.5. The van der Waals surface area contributed by atoms with Gasteiger partial charge < -0.3 is 36.8 Å². The van der Waals surface area contributed by atoms with Crippen molar-refractivity contribution < 1.29 is 29.0 Å². The predicted molar refractivity (Wildman–Crippen MR) is 216 cm³/mol. The molecule has 1 fully saturated rings. The number of primary amides is 1. The van der Waals surface area contributed by atoms with E-state index in [0.717, 1.165) is 45.7 Å². The van der Waals surface area contributed by atoms with Crippen LogP contribution < -0.4 is 22.1 Å². The van der Waals surface area contributed by atoms with Crippen LogP contribution in [-0.2, 0) is 36.9 Å². The number of ether oxygens (including phenoxy) is 1. The first kappa shape index (κ1) is 43.6. The number of aliphatic hydroxyl groups is 1. The third-order valence-corrected chi connectivity index (χ3v) is 11.4. The topological polar surface area (TPSA) is 190 Å². The number of hydrogen-bond acceptors (Lipinski definition) is 9. The number of thiazole rings is 1. The highest BCUT2D eigenvalue weighted by Gasteiger charge is 2.44. The SMILES string of the molecule is Cc1cc(CO[C@H](C)[C@@H](N)CCC(N)=O)ccc1CCCCC(=O)N[C@H](C(=O)N1C[C@H](O)C[C@H]1C(=O)N[C@@H](C)c1ccc(-c2scnc2C)cc1)C(C)(C)C. The molecule has 7 N–H and O–H groups in total. The van der Waals surface area contributed by atoms with E-state index in [2.05, 4.69) is 34.7 Å². The minimum atomic E-state index is -0.877. The van der Waals surface area contributed by atoms with Crippen LogP contribution in [-0.4, -0.2) is 75.5 Å². The lowest BCUT2D eigenvalue weighted by Gasteiger charge is -2.35. The van der Waals surface area contributed by atoms with Gasteiger partial charge in [0.15, 0.2) is 0 Å². The summed E-state index contributed by atoms with van der Waals surface area (Å²) in [5.74, 6) is -1.32. The molecule has 0 spiro atoms. The summed E-state index contributed by atoms with van der Waals surface area (Å²) < 4.78 is 5.93. The lowest BCUT2D eigenvalue weighted by Crippen LogP contribution is -2.57. The number of aliphatic hydroxyl groups excluding tert-OH is 1. The fourth-order valence-corrected chi connectivity index (χ4v) is 7.68. The summed E-state index contributed by atoms with van der Waals surface area (Å²) in [6.07, 6.45) is 2.25. The minimum absolute atomic E-state index is 0.0183. The molecule has 0 radical (unpaired) electrons. The lowest BCUT2D eigenvalue weighted by atomic mass is 9.85. The number of benzene rings is 2. The number of nitrogens with two attached hydrogens (primary N) is 2. The average Bonchev–Trinajstić information content (AvgIpc) is 3.75. The van der Waals surface area contributed by atoms with E-state index >= 15 is 0 Å². The molecule has 1 aromatic heterocycles. The predicted octanol–water partition coefficient (Wildman–Crippen LogP) is 5.01. The number of amides is 4. The minimum Gasteiger partial charge on any atom is -0.391 e. The standard InChI is InChI=1S/C42H60N6O6S/c1-25-20-29(23-54-28(4)34(43)18-19-36(44)50)12-13-30(25)10-8-9-11-37(51)47-39(42(5,6)7)41(53)48-22-33(49)21-35(48)40(52)46-26(2)31-14-16-32(17-15-31)38-27(3)45-24-55-38/h12-17,20,24,26,28,33-35,39,49H,8-11,18-19,21-23,43H2,1-7H3,(H2,44,50)(H,46,52)(H,47,51)/t26-,28+,33+,34-,35-,39+/m0/s1. The molecule has 2 heterocycles. The van der Waals surface area contributed by atoms with Crippen LogP contribution in [0.15, 0.2) is 48.0 Å². The molecule has 1 saturated heterocycles. The monoisotopic (exact) mass is 776 g/mol. The third kappa shape index (κ3) is 12.4. The Bertz CT molecular complexity index is 1770. The molecule has 0 saturated carbocycles. The molecular weight excluding hydrogens is 717 g/mol. The molecule has 3 aromatic rings. The van der Waals surface area contributed by atoms with E-state index in [-0.39, 0.29) is 67.6 Å². The maximum atomic E-state index is 14.1.